The fourth-order valence-electron chi connectivity index (χ4n) is 2.76. The average molecular weight is 316 g/mol. The fourth-order valence-corrected chi connectivity index (χ4v) is 2.76. The van der Waals surface area contributed by atoms with Crippen LogP contribution in [0.4, 0.5) is 0 Å². The minimum Gasteiger partial charge on any atom is -0.347 e. The molecule has 126 valence electrons. The van der Waals surface area contributed by atoms with Gasteiger partial charge in [0.2, 0.25) is 5.91 Å². The smallest absolute Gasteiger partial charge is 0.248 e. The first kappa shape index (κ1) is 17.6. The molecule has 1 aromatic rings. The summed E-state index contributed by atoms with van der Waals surface area (Å²) in [7, 11) is 0. The van der Waals surface area contributed by atoms with Crippen molar-refractivity contribution in [2.45, 2.75) is 32.9 Å². The van der Waals surface area contributed by atoms with Crippen LogP contribution in [0.2, 0.25) is 0 Å². The van der Waals surface area contributed by atoms with Gasteiger partial charge in [0.05, 0.1) is 12.2 Å². The molecule has 2 rings (SSSR count). The number of nitrogens with zero attached hydrogens (tertiary/aromatic N) is 3. The van der Waals surface area contributed by atoms with E-state index in [1.807, 2.05) is 18.2 Å². The van der Waals surface area contributed by atoms with Gasteiger partial charge >= 0.3 is 0 Å². The highest BCUT2D eigenvalue weighted by Gasteiger charge is 2.21. The molecule has 1 N–H and O–H groups in total. The Bertz CT molecular complexity index is 509. The maximum Gasteiger partial charge on any atom is 0.248 e. The fraction of sp³-hybridized carbons (Fsp3) is 0.556. The monoisotopic (exact) mass is 316 g/mol. The van der Waals surface area contributed by atoms with Crippen molar-refractivity contribution in [1.82, 2.24) is 20.1 Å². The van der Waals surface area contributed by atoms with E-state index in [4.69, 9.17) is 0 Å². The number of rotatable bonds is 7. The standard InChI is InChI=1S/C18H28N4O/c1-4-16(3)22-11-9-21(10-12-22)14-15(2)18(23)20-13-17-7-5-6-8-19-17/h5-8,16H,2,4,9-14H2,1,3H3,(H,20,23). The summed E-state index contributed by atoms with van der Waals surface area (Å²) in [5, 5.41) is 2.89. The van der Waals surface area contributed by atoms with E-state index in [-0.39, 0.29) is 5.91 Å². The van der Waals surface area contributed by atoms with Crippen LogP contribution < -0.4 is 5.32 Å². The van der Waals surface area contributed by atoms with Gasteiger partial charge in [-0.15, -0.1) is 0 Å². The molecule has 2 heterocycles. The van der Waals surface area contributed by atoms with Crippen LogP contribution in [-0.4, -0.2) is 59.5 Å². The first-order chi connectivity index (χ1) is 11.1. The lowest BCUT2D eigenvalue weighted by Crippen LogP contribution is -2.50. The summed E-state index contributed by atoms with van der Waals surface area (Å²) in [5.41, 5.74) is 1.48. The molecule has 1 unspecified atom stereocenters. The molecule has 0 bridgehead atoms. The number of carbonyl (C=O) groups is 1. The van der Waals surface area contributed by atoms with Gasteiger partial charge in [-0.05, 0) is 25.5 Å². The van der Waals surface area contributed by atoms with Crippen molar-refractivity contribution in [2.24, 2.45) is 0 Å². The third-order valence-corrected chi connectivity index (χ3v) is 4.51. The predicted octanol–water partition coefficient (Wildman–Crippen LogP) is 1.67. The van der Waals surface area contributed by atoms with Gasteiger partial charge in [0.1, 0.15) is 0 Å². The third kappa shape index (κ3) is 5.44. The maximum atomic E-state index is 12.1. The molecule has 1 atom stereocenters. The van der Waals surface area contributed by atoms with Gasteiger partial charge in [-0.25, -0.2) is 0 Å². The third-order valence-electron chi connectivity index (χ3n) is 4.51. The van der Waals surface area contributed by atoms with Gasteiger partial charge in [-0.3, -0.25) is 19.6 Å². The summed E-state index contributed by atoms with van der Waals surface area (Å²) in [6, 6.07) is 6.32. The van der Waals surface area contributed by atoms with E-state index in [2.05, 4.69) is 40.5 Å². The zero-order valence-electron chi connectivity index (χ0n) is 14.3. The van der Waals surface area contributed by atoms with E-state index >= 15 is 0 Å². The minimum atomic E-state index is -0.0833. The van der Waals surface area contributed by atoms with E-state index in [1.54, 1.807) is 6.20 Å². The molecule has 5 nitrogen and oxygen atoms in total. The SMILES string of the molecule is C=C(CN1CCN(C(C)CC)CC1)C(=O)NCc1ccccn1. The Labute approximate surface area is 139 Å². The van der Waals surface area contributed by atoms with Crippen molar-refractivity contribution in [3.05, 3.63) is 42.2 Å². The zero-order chi connectivity index (χ0) is 16.7. The normalized spacial score (nSPS) is 17.7. The number of piperazine rings is 1. The van der Waals surface area contributed by atoms with Crippen LogP contribution in [0.25, 0.3) is 0 Å². The first-order valence-corrected chi connectivity index (χ1v) is 8.42. The molecule has 0 saturated carbocycles. The highest BCUT2D eigenvalue weighted by molar-refractivity contribution is 5.93. The Morgan fingerprint density at radius 2 is 2.09 bits per heavy atom. The first-order valence-electron chi connectivity index (χ1n) is 8.42. The van der Waals surface area contributed by atoms with Gasteiger partial charge in [0.25, 0.3) is 0 Å². The van der Waals surface area contributed by atoms with Crippen molar-refractivity contribution < 1.29 is 4.79 Å². The highest BCUT2D eigenvalue weighted by Crippen LogP contribution is 2.10. The summed E-state index contributed by atoms with van der Waals surface area (Å²) < 4.78 is 0. The number of nitrogens with one attached hydrogen (secondary N) is 1. The number of hydrogen-bond acceptors (Lipinski definition) is 4. The quantitative estimate of drug-likeness (QED) is 0.778. The summed E-state index contributed by atoms with van der Waals surface area (Å²) in [5.74, 6) is -0.0833. The van der Waals surface area contributed by atoms with E-state index < -0.39 is 0 Å². The van der Waals surface area contributed by atoms with Crippen LogP contribution in [0.3, 0.4) is 0 Å². The lowest BCUT2D eigenvalue weighted by Gasteiger charge is -2.37. The highest BCUT2D eigenvalue weighted by atomic mass is 16.1. The molecule has 1 aliphatic heterocycles. The van der Waals surface area contributed by atoms with Gasteiger partial charge in [-0.2, -0.15) is 0 Å². The van der Waals surface area contributed by atoms with Crippen LogP contribution in [0, 0.1) is 0 Å². The Morgan fingerprint density at radius 1 is 1.35 bits per heavy atom. The van der Waals surface area contributed by atoms with Crippen molar-refractivity contribution in [2.75, 3.05) is 32.7 Å². The van der Waals surface area contributed by atoms with Crippen molar-refractivity contribution in [3.8, 4) is 0 Å². The number of hydrogen-bond donors (Lipinski definition) is 1. The lowest BCUT2D eigenvalue weighted by molar-refractivity contribution is -0.118. The van der Waals surface area contributed by atoms with E-state index in [9.17, 15) is 4.79 Å². The van der Waals surface area contributed by atoms with Gasteiger partial charge in [0, 0.05) is 50.5 Å². The molecular weight excluding hydrogens is 288 g/mol. The number of carbonyl (C=O) groups excluding carboxylic acids is 1. The van der Waals surface area contributed by atoms with Crippen LogP contribution in [-0.2, 0) is 11.3 Å². The predicted molar refractivity (Wildman–Crippen MR) is 93.0 cm³/mol. The summed E-state index contributed by atoms with van der Waals surface area (Å²) in [6.07, 6.45) is 2.91. The van der Waals surface area contributed by atoms with Gasteiger partial charge in [-0.1, -0.05) is 19.6 Å². The van der Waals surface area contributed by atoms with E-state index in [0.29, 0.717) is 24.7 Å². The van der Waals surface area contributed by atoms with E-state index in [1.165, 1.54) is 6.42 Å². The molecule has 1 amide bonds. The average Bonchev–Trinajstić information content (AvgIpc) is 2.60. The van der Waals surface area contributed by atoms with Crippen LogP contribution in [0.5, 0.6) is 0 Å². The molecule has 0 aromatic carbocycles. The Hall–Kier alpha value is -1.72. The molecule has 5 heteroatoms. The molecule has 0 spiro atoms. The Morgan fingerprint density at radius 3 is 2.70 bits per heavy atom. The Balaban J connectivity index is 1.71. The lowest BCUT2D eigenvalue weighted by atomic mass is 10.1. The molecule has 0 aliphatic carbocycles. The minimum absolute atomic E-state index is 0.0833. The second-order valence-corrected chi connectivity index (χ2v) is 6.18. The van der Waals surface area contributed by atoms with Crippen LogP contribution in [0.15, 0.2) is 36.5 Å². The van der Waals surface area contributed by atoms with Crippen LogP contribution in [0.1, 0.15) is 26.0 Å². The Kier molecular flexibility index (Phi) is 6.74. The molecule has 1 aliphatic rings. The molecular formula is C18H28N4O. The summed E-state index contributed by atoms with van der Waals surface area (Å²) in [6.45, 7) is 13.7. The molecule has 1 aromatic heterocycles. The molecule has 0 radical (unpaired) electrons. The summed E-state index contributed by atoms with van der Waals surface area (Å²) >= 11 is 0. The number of pyridine rings is 1. The van der Waals surface area contributed by atoms with Gasteiger partial charge in [0.15, 0.2) is 0 Å². The molecule has 1 fully saturated rings. The van der Waals surface area contributed by atoms with Gasteiger partial charge < -0.3 is 5.32 Å². The van der Waals surface area contributed by atoms with Crippen LogP contribution >= 0.6 is 0 Å². The van der Waals surface area contributed by atoms with Crippen molar-refractivity contribution in [1.29, 1.82) is 0 Å². The second kappa shape index (κ2) is 8.79. The zero-order valence-corrected chi connectivity index (χ0v) is 14.3. The van der Waals surface area contributed by atoms with E-state index in [0.717, 1.165) is 31.9 Å². The molecule has 23 heavy (non-hydrogen) atoms. The second-order valence-electron chi connectivity index (χ2n) is 6.18. The van der Waals surface area contributed by atoms with Crippen molar-refractivity contribution >= 4 is 5.91 Å². The number of aromatic nitrogens is 1. The molecule has 1 saturated heterocycles. The largest absolute Gasteiger partial charge is 0.347 e. The summed E-state index contributed by atoms with van der Waals surface area (Å²) in [4.78, 5) is 21.2. The van der Waals surface area contributed by atoms with Crippen molar-refractivity contribution in [3.63, 3.8) is 0 Å². The number of amides is 1. The maximum absolute atomic E-state index is 12.1. The topological polar surface area (TPSA) is 48.5 Å².